The number of aryl methyl sites for hydroxylation is 4. The van der Waals surface area contributed by atoms with Crippen LogP contribution in [0.3, 0.4) is 0 Å². The molecular formula is C27H38O3S. The topological polar surface area (TPSA) is 54.4 Å². The van der Waals surface area contributed by atoms with Crippen molar-refractivity contribution in [2.24, 2.45) is 5.41 Å². The standard InChI is InChI=1S/C27H38O3S/c1-8-27(9-2,21-12-10-20(18(3)16-21)11-15-25(29)30)24-17-19(4)22(31-24)13-14-23(28)26(5,6)7/h10,12,16-17H,8-9,11,13-15H2,1-7H3,(H,29,30). The van der Waals surface area contributed by atoms with Gasteiger partial charge >= 0.3 is 5.97 Å². The fourth-order valence-corrected chi connectivity index (χ4v) is 5.80. The summed E-state index contributed by atoms with van der Waals surface area (Å²) < 4.78 is 0. The van der Waals surface area contributed by atoms with Crippen molar-refractivity contribution in [1.82, 2.24) is 0 Å². The quantitative estimate of drug-likeness (QED) is 0.429. The number of carboxylic acid groups (broad SMARTS) is 1. The second-order valence-electron chi connectivity index (χ2n) is 9.71. The van der Waals surface area contributed by atoms with Gasteiger partial charge in [0.1, 0.15) is 5.78 Å². The third kappa shape index (κ3) is 5.85. The Morgan fingerprint density at radius 1 is 0.935 bits per heavy atom. The number of rotatable bonds is 10. The summed E-state index contributed by atoms with van der Waals surface area (Å²) in [5.74, 6) is -0.446. The maximum absolute atomic E-state index is 12.4. The van der Waals surface area contributed by atoms with Gasteiger partial charge in [-0.25, -0.2) is 0 Å². The highest BCUT2D eigenvalue weighted by Gasteiger charge is 2.33. The minimum absolute atomic E-state index is 0.0577. The number of thiophene rings is 1. The van der Waals surface area contributed by atoms with Crippen LogP contribution in [0.5, 0.6) is 0 Å². The predicted octanol–water partition coefficient (Wildman–Crippen LogP) is 7.04. The number of benzene rings is 1. The third-order valence-electron chi connectivity index (χ3n) is 6.62. The number of ketones is 1. The minimum Gasteiger partial charge on any atom is -0.481 e. The van der Waals surface area contributed by atoms with Gasteiger partial charge in [-0.3, -0.25) is 9.59 Å². The van der Waals surface area contributed by atoms with E-state index >= 15 is 0 Å². The maximum Gasteiger partial charge on any atom is 0.303 e. The van der Waals surface area contributed by atoms with Gasteiger partial charge in [-0.1, -0.05) is 52.8 Å². The van der Waals surface area contributed by atoms with E-state index in [1.165, 1.54) is 20.9 Å². The van der Waals surface area contributed by atoms with Crippen molar-refractivity contribution in [2.45, 2.75) is 92.4 Å². The molecule has 0 radical (unpaired) electrons. The van der Waals surface area contributed by atoms with Crippen molar-refractivity contribution < 1.29 is 14.7 Å². The lowest BCUT2D eigenvalue weighted by molar-refractivity contribution is -0.137. The SMILES string of the molecule is CCC(CC)(c1ccc(CCC(=O)O)c(C)c1)c1cc(C)c(CCC(=O)C(C)(C)C)s1. The molecule has 0 aliphatic heterocycles. The Balaban J connectivity index is 2.36. The summed E-state index contributed by atoms with van der Waals surface area (Å²) >= 11 is 1.86. The van der Waals surface area contributed by atoms with Crippen LogP contribution in [-0.2, 0) is 27.8 Å². The first-order valence-corrected chi connectivity index (χ1v) is 12.2. The van der Waals surface area contributed by atoms with E-state index < -0.39 is 5.97 Å². The normalized spacial score (nSPS) is 12.2. The fourth-order valence-electron chi connectivity index (χ4n) is 4.27. The average molecular weight is 443 g/mol. The van der Waals surface area contributed by atoms with E-state index in [9.17, 15) is 9.59 Å². The van der Waals surface area contributed by atoms with Crippen LogP contribution in [0, 0.1) is 19.3 Å². The molecule has 0 unspecified atom stereocenters. The van der Waals surface area contributed by atoms with Crippen molar-refractivity contribution in [3.63, 3.8) is 0 Å². The van der Waals surface area contributed by atoms with Crippen molar-refractivity contribution in [2.75, 3.05) is 0 Å². The minimum atomic E-state index is -0.758. The highest BCUT2D eigenvalue weighted by Crippen LogP contribution is 2.44. The summed E-state index contributed by atoms with van der Waals surface area (Å²) in [5.41, 5.74) is 4.50. The molecule has 1 heterocycles. The van der Waals surface area contributed by atoms with E-state index in [2.05, 4.69) is 52.0 Å². The molecule has 0 aliphatic rings. The summed E-state index contributed by atoms with van der Waals surface area (Å²) in [6.07, 6.45) is 4.12. The van der Waals surface area contributed by atoms with E-state index in [1.54, 1.807) is 0 Å². The van der Waals surface area contributed by atoms with Gasteiger partial charge in [0.05, 0.1) is 0 Å². The molecule has 170 valence electrons. The fraction of sp³-hybridized carbons (Fsp3) is 0.556. The molecule has 0 aliphatic carbocycles. The molecule has 0 fully saturated rings. The molecule has 1 N–H and O–H groups in total. The molecule has 0 spiro atoms. The zero-order valence-electron chi connectivity index (χ0n) is 20.2. The molecule has 2 aromatic rings. The Morgan fingerprint density at radius 2 is 1.58 bits per heavy atom. The summed E-state index contributed by atoms with van der Waals surface area (Å²) in [7, 11) is 0. The molecule has 1 aromatic carbocycles. The van der Waals surface area contributed by atoms with E-state index in [1.807, 2.05) is 32.1 Å². The van der Waals surface area contributed by atoms with Crippen molar-refractivity contribution in [3.05, 3.63) is 56.3 Å². The first-order valence-electron chi connectivity index (χ1n) is 11.4. The second-order valence-corrected chi connectivity index (χ2v) is 10.9. The lowest BCUT2D eigenvalue weighted by Crippen LogP contribution is -2.25. The van der Waals surface area contributed by atoms with Crippen molar-refractivity contribution in [3.8, 4) is 0 Å². The van der Waals surface area contributed by atoms with Crippen LogP contribution < -0.4 is 0 Å². The van der Waals surface area contributed by atoms with E-state index in [0.717, 1.165) is 30.4 Å². The monoisotopic (exact) mass is 442 g/mol. The Morgan fingerprint density at radius 3 is 2.10 bits per heavy atom. The van der Waals surface area contributed by atoms with Crippen LogP contribution in [-0.4, -0.2) is 16.9 Å². The number of carbonyl (C=O) groups is 2. The molecule has 1 aromatic heterocycles. The molecule has 31 heavy (non-hydrogen) atoms. The molecule has 2 rings (SSSR count). The van der Waals surface area contributed by atoms with Gasteiger partial charge in [0, 0.05) is 33.4 Å². The van der Waals surface area contributed by atoms with Crippen LogP contribution >= 0.6 is 11.3 Å². The van der Waals surface area contributed by atoms with Gasteiger partial charge in [-0.2, -0.15) is 0 Å². The zero-order chi connectivity index (χ0) is 23.4. The Kier molecular flexibility index (Phi) is 8.27. The van der Waals surface area contributed by atoms with Crippen LogP contribution in [0.25, 0.3) is 0 Å². The van der Waals surface area contributed by atoms with Crippen LogP contribution in [0.1, 0.15) is 92.3 Å². The zero-order valence-corrected chi connectivity index (χ0v) is 21.0. The lowest BCUT2D eigenvalue weighted by atomic mass is 9.73. The van der Waals surface area contributed by atoms with Gasteiger partial charge < -0.3 is 5.11 Å². The predicted molar refractivity (Wildman–Crippen MR) is 130 cm³/mol. The third-order valence-corrected chi connectivity index (χ3v) is 8.12. The van der Waals surface area contributed by atoms with Gasteiger partial charge in [-0.05, 0) is 67.9 Å². The van der Waals surface area contributed by atoms with Gasteiger partial charge in [-0.15, -0.1) is 11.3 Å². The molecule has 0 saturated heterocycles. The largest absolute Gasteiger partial charge is 0.481 e. The molecular weight excluding hydrogens is 404 g/mol. The van der Waals surface area contributed by atoms with Crippen molar-refractivity contribution >= 4 is 23.1 Å². The number of hydrogen-bond donors (Lipinski definition) is 1. The van der Waals surface area contributed by atoms with Gasteiger partial charge in [0.25, 0.3) is 0 Å². The number of aliphatic carboxylic acids is 1. The number of carbonyl (C=O) groups excluding carboxylic acids is 1. The second kappa shape index (κ2) is 10.1. The first-order chi connectivity index (χ1) is 14.4. The Labute approximate surface area is 191 Å². The highest BCUT2D eigenvalue weighted by atomic mass is 32.1. The Bertz CT molecular complexity index is 926. The van der Waals surface area contributed by atoms with Gasteiger partial charge in [0.2, 0.25) is 0 Å². The Hall–Kier alpha value is -1.94. The van der Waals surface area contributed by atoms with Crippen LogP contribution in [0.15, 0.2) is 24.3 Å². The van der Waals surface area contributed by atoms with Gasteiger partial charge in [0.15, 0.2) is 0 Å². The average Bonchev–Trinajstić information content (AvgIpc) is 3.06. The van der Waals surface area contributed by atoms with E-state index in [4.69, 9.17) is 5.11 Å². The van der Waals surface area contributed by atoms with E-state index in [0.29, 0.717) is 18.6 Å². The first kappa shape index (κ1) is 25.3. The molecule has 0 atom stereocenters. The molecule has 0 bridgehead atoms. The number of Topliss-reactive ketones (excluding diaryl/α,β-unsaturated/α-hetero) is 1. The van der Waals surface area contributed by atoms with Crippen LogP contribution in [0.4, 0.5) is 0 Å². The summed E-state index contributed by atoms with van der Waals surface area (Å²) in [6.45, 7) is 14.7. The number of carboxylic acids is 1. The molecule has 0 saturated carbocycles. The molecule has 3 nitrogen and oxygen atoms in total. The summed E-state index contributed by atoms with van der Waals surface area (Å²) in [4.78, 5) is 26.1. The molecule has 0 amide bonds. The van der Waals surface area contributed by atoms with Crippen molar-refractivity contribution in [1.29, 1.82) is 0 Å². The number of hydrogen-bond acceptors (Lipinski definition) is 3. The highest BCUT2D eigenvalue weighted by molar-refractivity contribution is 7.12. The van der Waals surface area contributed by atoms with E-state index in [-0.39, 0.29) is 17.3 Å². The maximum atomic E-state index is 12.4. The summed E-state index contributed by atoms with van der Waals surface area (Å²) in [5, 5.41) is 9.01. The summed E-state index contributed by atoms with van der Waals surface area (Å²) in [6, 6.07) is 8.87. The smallest absolute Gasteiger partial charge is 0.303 e. The van der Waals surface area contributed by atoms with Crippen LogP contribution in [0.2, 0.25) is 0 Å². The molecule has 4 heteroatoms. The lowest BCUT2D eigenvalue weighted by Gasteiger charge is -2.32.